The zero-order valence-electron chi connectivity index (χ0n) is 1.72. The van der Waals surface area contributed by atoms with Crippen LogP contribution in [-0.4, -0.2) is 17.1 Å². The Hall–Kier alpha value is 1.39. The first-order chi connectivity index (χ1) is 0. The predicted molar refractivity (Wildman–Crippen MR) is 30.3 cm³/mol. The molecule has 0 aromatic carbocycles. The van der Waals surface area contributed by atoms with Crippen LogP contribution in [0.2, 0.25) is 0 Å². The van der Waals surface area contributed by atoms with Gasteiger partial charge in [-0.2, -0.15) is 0 Å². The van der Waals surface area contributed by atoms with Crippen LogP contribution in [0.15, 0.2) is 0 Å². The first-order valence-corrected chi connectivity index (χ1v) is 0. The summed E-state index contributed by atoms with van der Waals surface area (Å²) in [5.41, 5.74) is 0. The molecule has 0 fully saturated rings. The summed E-state index contributed by atoms with van der Waals surface area (Å²) in [6.07, 6.45) is 0. The third kappa shape index (κ3) is 10.0. The van der Waals surface area contributed by atoms with Crippen molar-refractivity contribution in [3.63, 3.8) is 0 Å². The quantitative estimate of drug-likeness (QED) is 0.484. The molecule has 0 saturated carbocycles. The van der Waals surface area contributed by atoms with E-state index in [9.17, 15) is 0 Å². The van der Waals surface area contributed by atoms with Gasteiger partial charge in [0.25, 0.3) is 0 Å². The Balaban J connectivity index is 0. The van der Waals surface area contributed by atoms with E-state index in [1.807, 2.05) is 0 Å². The monoisotopic (exact) mass is 190 g/mol. The third-order valence-electron chi connectivity index (χ3n) is 0. The molecule has 0 saturated heterocycles. The van der Waals surface area contributed by atoms with Crippen molar-refractivity contribution < 1.29 is 0 Å². The molecule has 0 aliphatic carbocycles. The normalized spacial score (nSPS) is 0. The Kier molecular flexibility index (Phi) is 351. The molecule has 0 bridgehead atoms. The predicted octanol–water partition coefficient (Wildman–Crippen LogP) is 0.349. The van der Waals surface area contributed by atoms with Gasteiger partial charge in [0.05, 0.1) is 0 Å². The fraction of sp³-hybridized carbons (Fsp3) is 0. The van der Waals surface area contributed by atoms with Crippen LogP contribution in [0.3, 0.4) is 0 Å². The molecule has 0 aliphatic rings. The second-order valence-electron chi connectivity index (χ2n) is 0. The van der Waals surface area contributed by atoms with Crippen LogP contribution in [0.25, 0.3) is 0 Å². The number of rotatable bonds is 0. The molecule has 0 N–H and O–H groups in total. The first-order valence-electron chi connectivity index (χ1n) is 0. The molecule has 32 valence electrons. The molecule has 4 heteroatoms. The van der Waals surface area contributed by atoms with Gasteiger partial charge in [-0.3, -0.25) is 0 Å². The summed E-state index contributed by atoms with van der Waals surface area (Å²) < 4.78 is 0. The summed E-state index contributed by atoms with van der Waals surface area (Å²) in [5, 5.41) is 0. The molecule has 0 nitrogen and oxygen atoms in total. The van der Waals surface area contributed by atoms with Gasteiger partial charge >= 0.3 is 17.1 Å². The molecule has 0 atom stereocenters. The Morgan fingerprint density at radius 1 is 0.500 bits per heavy atom. The zero-order chi connectivity index (χ0) is 0. The molecule has 0 heterocycles. The van der Waals surface area contributed by atoms with Gasteiger partial charge in [-0.25, -0.2) is 0 Å². The van der Waals surface area contributed by atoms with Crippen LogP contribution < -0.4 is 0 Å². The molecule has 0 aliphatic heterocycles. The van der Waals surface area contributed by atoms with E-state index in [0.29, 0.717) is 0 Å². The van der Waals surface area contributed by atoms with Crippen molar-refractivity contribution in [3.05, 3.63) is 0 Å². The second kappa shape index (κ2) is 26.1. The summed E-state index contributed by atoms with van der Waals surface area (Å²) in [6.45, 7) is 0. The third-order valence-corrected chi connectivity index (χ3v) is 0. The van der Waals surface area contributed by atoms with Crippen molar-refractivity contribution >= 4 is 54.3 Å². The summed E-state index contributed by atoms with van der Waals surface area (Å²) in [4.78, 5) is 0. The van der Waals surface area contributed by atoms with Crippen LogP contribution >= 0.6 is 37.2 Å². The van der Waals surface area contributed by atoms with E-state index in [1.165, 1.54) is 0 Å². The van der Waals surface area contributed by atoms with Gasteiger partial charge in [-0.1, -0.05) is 0 Å². The van der Waals surface area contributed by atoms with Crippen LogP contribution in [0.4, 0.5) is 0 Å². The minimum absolute atomic E-state index is 0. The van der Waals surface area contributed by atoms with E-state index < -0.39 is 0 Å². The fourth-order valence-corrected chi connectivity index (χ4v) is 0. The van der Waals surface area contributed by atoms with Gasteiger partial charge in [0.2, 0.25) is 0 Å². The van der Waals surface area contributed by atoms with Crippen LogP contribution in [0.1, 0.15) is 0 Å². The number of hydrogen-bond acceptors (Lipinski definition) is 0. The van der Waals surface area contributed by atoms with E-state index in [-0.39, 0.29) is 54.3 Å². The van der Waals surface area contributed by atoms with Gasteiger partial charge < -0.3 is 0 Å². The topological polar surface area (TPSA) is 0 Å². The minimum atomic E-state index is 0. The molecular weight excluding hydrogens is 185 g/mol. The van der Waals surface area contributed by atoms with Gasteiger partial charge in [0.15, 0.2) is 0 Å². The van der Waals surface area contributed by atoms with Crippen LogP contribution in [0.5, 0.6) is 0 Å². The summed E-state index contributed by atoms with van der Waals surface area (Å²) in [5.74, 6) is 0. The van der Waals surface area contributed by atoms with Gasteiger partial charge in [0, 0.05) is 0 Å². The fourth-order valence-electron chi connectivity index (χ4n) is 0. The number of hydrogen-bond donors (Lipinski definition) is 0. The molecule has 0 radical (unpaired) electrons. The molecule has 0 aromatic heterocycles. The second-order valence-corrected chi connectivity index (χ2v) is 0. The maximum atomic E-state index is 0. The standard InChI is InChI=1S/3ClH.H2Se/h3*1H;1H2. The van der Waals surface area contributed by atoms with Crippen molar-refractivity contribution in [2.24, 2.45) is 0 Å². The Morgan fingerprint density at radius 3 is 0.500 bits per heavy atom. The van der Waals surface area contributed by atoms with Crippen molar-refractivity contribution in [3.8, 4) is 0 Å². The molecule has 0 unspecified atom stereocenters. The van der Waals surface area contributed by atoms with Crippen molar-refractivity contribution in [2.75, 3.05) is 0 Å². The van der Waals surface area contributed by atoms with E-state index in [1.54, 1.807) is 0 Å². The van der Waals surface area contributed by atoms with E-state index in [2.05, 4.69) is 0 Å². The Bertz CT molecular complexity index is 3.25. The van der Waals surface area contributed by atoms with E-state index in [0.717, 1.165) is 0 Å². The van der Waals surface area contributed by atoms with Crippen LogP contribution in [0, 0.1) is 0 Å². The van der Waals surface area contributed by atoms with E-state index in [4.69, 9.17) is 0 Å². The van der Waals surface area contributed by atoms with Gasteiger partial charge in [-0.05, 0) is 0 Å². The summed E-state index contributed by atoms with van der Waals surface area (Å²) in [7, 11) is 0. The van der Waals surface area contributed by atoms with Gasteiger partial charge in [-0.15, -0.1) is 37.2 Å². The molecule has 0 aromatic rings. The Morgan fingerprint density at radius 2 is 0.500 bits per heavy atom. The van der Waals surface area contributed by atoms with Crippen molar-refractivity contribution in [1.82, 2.24) is 0 Å². The average molecular weight is 190 g/mol. The van der Waals surface area contributed by atoms with Crippen molar-refractivity contribution in [1.29, 1.82) is 0 Å². The number of halogens is 3. The summed E-state index contributed by atoms with van der Waals surface area (Å²) >= 11 is 0. The summed E-state index contributed by atoms with van der Waals surface area (Å²) in [6, 6.07) is 0. The molecular formula is H5Cl3Se. The average Bonchev–Trinajstić information content (AvgIpc) is 0. The molecule has 0 rings (SSSR count). The van der Waals surface area contributed by atoms with Gasteiger partial charge in [0.1, 0.15) is 0 Å². The molecule has 0 amide bonds. The Labute approximate surface area is 54.4 Å². The van der Waals surface area contributed by atoms with Crippen LogP contribution in [-0.2, 0) is 0 Å². The van der Waals surface area contributed by atoms with E-state index >= 15 is 0 Å². The first kappa shape index (κ1) is 53.8. The van der Waals surface area contributed by atoms with Crippen molar-refractivity contribution in [2.45, 2.75) is 0 Å². The zero-order valence-corrected chi connectivity index (χ0v) is 6.27. The SMILES string of the molecule is Cl.Cl.Cl.[SeH2]. The molecule has 4 heavy (non-hydrogen) atoms. The molecule has 0 spiro atoms. The maximum absolute atomic E-state index is 0.